The third-order valence-electron chi connectivity index (χ3n) is 6.46. The molecule has 5 nitrogen and oxygen atoms in total. The van der Waals surface area contributed by atoms with E-state index < -0.39 is 0 Å². The van der Waals surface area contributed by atoms with E-state index in [1.807, 2.05) is 66.7 Å². The molecule has 0 bridgehead atoms. The van der Waals surface area contributed by atoms with Crippen LogP contribution in [0.1, 0.15) is 43.8 Å². The molecule has 4 aromatic carbocycles. The molecule has 33 heavy (non-hydrogen) atoms. The predicted octanol–water partition coefficient (Wildman–Crippen LogP) is 5.08. The fourth-order valence-electron chi connectivity index (χ4n) is 4.79. The maximum atomic E-state index is 13.0. The van der Waals surface area contributed by atoms with Crippen LogP contribution in [0, 0.1) is 0 Å². The van der Waals surface area contributed by atoms with Crippen molar-refractivity contribution in [2.24, 2.45) is 5.10 Å². The number of benzene rings is 4. The van der Waals surface area contributed by atoms with Crippen molar-refractivity contribution in [3.8, 4) is 0 Å². The van der Waals surface area contributed by atoms with Gasteiger partial charge in [0.25, 0.3) is 11.8 Å². The number of hydrogen-bond acceptors (Lipinski definition) is 3. The number of nitrogens with zero attached hydrogens (tertiary/aromatic N) is 2. The SMILES string of the molecule is O=C(N/N=C1/CCc2ccccc21)c1ccc(CN2C(=O)c3cccc4cccc2c34)cc1. The van der Waals surface area contributed by atoms with Gasteiger partial charge in [0, 0.05) is 22.1 Å². The number of carbonyl (C=O) groups excluding carboxylic acids is 2. The first-order valence-electron chi connectivity index (χ1n) is 11.1. The van der Waals surface area contributed by atoms with E-state index in [1.165, 1.54) is 5.56 Å². The number of rotatable bonds is 4. The van der Waals surface area contributed by atoms with Gasteiger partial charge in [-0.3, -0.25) is 9.59 Å². The predicted molar refractivity (Wildman–Crippen MR) is 130 cm³/mol. The molecule has 2 amide bonds. The number of carbonyl (C=O) groups is 2. The minimum absolute atomic E-state index is 0.0105. The minimum atomic E-state index is -0.243. The van der Waals surface area contributed by atoms with Crippen LogP contribution in [0.5, 0.6) is 0 Å². The van der Waals surface area contributed by atoms with Gasteiger partial charge in [-0.05, 0) is 53.6 Å². The number of amides is 2. The quantitative estimate of drug-likeness (QED) is 0.458. The second-order valence-corrected chi connectivity index (χ2v) is 8.43. The maximum absolute atomic E-state index is 13.0. The molecular weight excluding hydrogens is 410 g/mol. The van der Waals surface area contributed by atoms with Crippen molar-refractivity contribution in [3.63, 3.8) is 0 Å². The number of nitrogens with one attached hydrogen (secondary N) is 1. The third kappa shape index (κ3) is 3.29. The van der Waals surface area contributed by atoms with Gasteiger partial charge < -0.3 is 4.90 Å². The molecule has 0 radical (unpaired) electrons. The van der Waals surface area contributed by atoms with Gasteiger partial charge in [0.15, 0.2) is 0 Å². The van der Waals surface area contributed by atoms with Crippen LogP contribution in [-0.4, -0.2) is 17.5 Å². The van der Waals surface area contributed by atoms with Gasteiger partial charge in [-0.2, -0.15) is 5.10 Å². The lowest BCUT2D eigenvalue weighted by Gasteiger charge is -2.18. The highest BCUT2D eigenvalue weighted by Gasteiger charge is 2.29. The molecule has 2 aliphatic rings. The molecule has 1 aliphatic carbocycles. The average Bonchev–Trinajstić information content (AvgIpc) is 3.39. The molecule has 0 spiro atoms. The lowest BCUT2D eigenvalue weighted by molar-refractivity contribution is 0.0953. The summed E-state index contributed by atoms with van der Waals surface area (Å²) in [7, 11) is 0. The van der Waals surface area contributed by atoms with Gasteiger partial charge in [-0.1, -0.05) is 60.7 Å². The summed E-state index contributed by atoms with van der Waals surface area (Å²) in [5.41, 5.74) is 9.15. The number of fused-ring (bicyclic) bond motifs is 1. The topological polar surface area (TPSA) is 61.8 Å². The molecule has 0 aromatic heterocycles. The van der Waals surface area contributed by atoms with E-state index in [0.717, 1.165) is 51.7 Å². The van der Waals surface area contributed by atoms with Gasteiger partial charge in [0.05, 0.1) is 17.9 Å². The standard InChI is InChI=1S/C28H21N3O2/c32-27(30-29-24-16-15-19-5-1-2-8-22(19)24)21-13-11-18(12-14-21)17-31-25-10-4-7-20-6-3-9-23(26(20)25)28(31)33/h1-14H,15-17H2,(H,30,32)/b29-24-. The summed E-state index contributed by atoms with van der Waals surface area (Å²) < 4.78 is 0. The molecule has 4 aromatic rings. The molecule has 0 fully saturated rings. The van der Waals surface area contributed by atoms with Crippen molar-refractivity contribution in [3.05, 3.63) is 113 Å². The van der Waals surface area contributed by atoms with Crippen LogP contribution in [0.15, 0.2) is 90.0 Å². The molecular formula is C28H21N3O2. The fraction of sp³-hybridized carbons (Fsp3) is 0.107. The van der Waals surface area contributed by atoms with E-state index >= 15 is 0 Å². The third-order valence-corrected chi connectivity index (χ3v) is 6.46. The van der Waals surface area contributed by atoms with E-state index in [1.54, 1.807) is 17.0 Å². The van der Waals surface area contributed by atoms with E-state index in [-0.39, 0.29) is 11.8 Å². The lowest BCUT2D eigenvalue weighted by atomic mass is 10.1. The Balaban J connectivity index is 1.18. The molecule has 0 atom stereocenters. The van der Waals surface area contributed by atoms with Gasteiger partial charge >= 0.3 is 0 Å². The summed E-state index contributed by atoms with van der Waals surface area (Å²) in [6, 6.07) is 27.3. The zero-order valence-electron chi connectivity index (χ0n) is 17.9. The first-order valence-corrected chi connectivity index (χ1v) is 11.1. The molecule has 1 aliphatic heterocycles. The Morgan fingerprint density at radius 1 is 0.848 bits per heavy atom. The zero-order valence-corrected chi connectivity index (χ0v) is 17.9. The maximum Gasteiger partial charge on any atom is 0.271 e. The molecule has 6 rings (SSSR count). The van der Waals surface area contributed by atoms with Crippen LogP contribution in [0.4, 0.5) is 5.69 Å². The summed E-state index contributed by atoms with van der Waals surface area (Å²) in [4.78, 5) is 27.4. The lowest BCUT2D eigenvalue weighted by Crippen LogP contribution is -2.26. The van der Waals surface area contributed by atoms with Crippen LogP contribution in [-0.2, 0) is 13.0 Å². The Labute approximate surface area is 191 Å². The van der Waals surface area contributed by atoms with Crippen LogP contribution in [0.25, 0.3) is 10.8 Å². The zero-order chi connectivity index (χ0) is 22.4. The summed E-state index contributed by atoms with van der Waals surface area (Å²) in [6.45, 7) is 0.452. The number of aryl methyl sites for hydroxylation is 1. The van der Waals surface area contributed by atoms with Crippen LogP contribution < -0.4 is 10.3 Å². The van der Waals surface area contributed by atoms with Gasteiger partial charge in [0.2, 0.25) is 0 Å². The van der Waals surface area contributed by atoms with Crippen LogP contribution in [0.2, 0.25) is 0 Å². The Bertz CT molecular complexity index is 1450. The highest BCUT2D eigenvalue weighted by atomic mass is 16.2. The normalized spacial score (nSPS) is 15.3. The van der Waals surface area contributed by atoms with Gasteiger partial charge in [-0.15, -0.1) is 0 Å². The first-order chi connectivity index (χ1) is 16.2. The van der Waals surface area contributed by atoms with Crippen LogP contribution >= 0.6 is 0 Å². The monoisotopic (exact) mass is 431 g/mol. The number of hydrazone groups is 1. The van der Waals surface area contributed by atoms with Crippen molar-refractivity contribution in [2.45, 2.75) is 19.4 Å². The molecule has 160 valence electrons. The van der Waals surface area contributed by atoms with E-state index in [2.05, 4.69) is 16.6 Å². The second kappa shape index (κ2) is 7.71. The Morgan fingerprint density at radius 3 is 2.45 bits per heavy atom. The van der Waals surface area contributed by atoms with Gasteiger partial charge in [0.1, 0.15) is 0 Å². The first kappa shape index (κ1) is 19.4. The highest BCUT2D eigenvalue weighted by Crippen LogP contribution is 2.38. The van der Waals surface area contributed by atoms with Crippen LogP contribution in [0.3, 0.4) is 0 Å². The number of hydrogen-bond donors (Lipinski definition) is 1. The Kier molecular flexibility index (Phi) is 4.54. The highest BCUT2D eigenvalue weighted by molar-refractivity contribution is 6.24. The molecule has 5 heteroatoms. The second-order valence-electron chi connectivity index (χ2n) is 8.43. The summed E-state index contributed by atoms with van der Waals surface area (Å²) in [5.74, 6) is -0.232. The van der Waals surface area contributed by atoms with Crippen molar-refractivity contribution in [2.75, 3.05) is 4.90 Å². The molecule has 0 saturated carbocycles. The number of anilines is 1. The van der Waals surface area contributed by atoms with Crippen molar-refractivity contribution in [1.29, 1.82) is 0 Å². The van der Waals surface area contributed by atoms with Gasteiger partial charge in [-0.25, -0.2) is 5.43 Å². The van der Waals surface area contributed by atoms with E-state index in [0.29, 0.717) is 12.1 Å². The van der Waals surface area contributed by atoms with E-state index in [4.69, 9.17) is 0 Å². The minimum Gasteiger partial charge on any atom is -0.303 e. The largest absolute Gasteiger partial charge is 0.303 e. The summed E-state index contributed by atoms with van der Waals surface area (Å²) >= 11 is 0. The summed E-state index contributed by atoms with van der Waals surface area (Å²) in [6.07, 6.45) is 1.78. The van der Waals surface area contributed by atoms with Crippen molar-refractivity contribution < 1.29 is 9.59 Å². The Morgan fingerprint density at radius 2 is 1.61 bits per heavy atom. The van der Waals surface area contributed by atoms with Crippen molar-refractivity contribution >= 4 is 34.0 Å². The van der Waals surface area contributed by atoms with E-state index in [9.17, 15) is 9.59 Å². The molecule has 0 unspecified atom stereocenters. The summed E-state index contributed by atoms with van der Waals surface area (Å²) in [5, 5.41) is 6.44. The smallest absolute Gasteiger partial charge is 0.271 e. The average molecular weight is 431 g/mol. The molecule has 1 heterocycles. The molecule has 1 N–H and O–H groups in total. The van der Waals surface area contributed by atoms with Crippen molar-refractivity contribution in [1.82, 2.24) is 5.43 Å². The molecule has 0 saturated heterocycles. The fourth-order valence-corrected chi connectivity index (χ4v) is 4.79. The Hall–Kier alpha value is -4.25.